The molecule has 0 atom stereocenters. The second kappa shape index (κ2) is 8.47. The highest BCUT2D eigenvalue weighted by molar-refractivity contribution is 7.18. The number of carbonyl (C=O) groups is 2. The van der Waals surface area contributed by atoms with Gasteiger partial charge in [-0.3, -0.25) is 4.79 Å². The molecule has 8 heteroatoms. The fraction of sp³-hybridized carbons (Fsp3) is 0.312. The predicted molar refractivity (Wildman–Crippen MR) is 91.8 cm³/mol. The van der Waals surface area contributed by atoms with Crippen LogP contribution >= 0.6 is 22.7 Å². The molecule has 0 saturated carbocycles. The quantitative estimate of drug-likeness (QED) is 0.757. The first-order valence-electron chi connectivity index (χ1n) is 7.21. The minimum absolute atomic E-state index is 0.161. The van der Waals surface area contributed by atoms with Gasteiger partial charge in [0, 0.05) is 12.0 Å². The Kier molecular flexibility index (Phi) is 6.35. The first kappa shape index (κ1) is 18.0. The van der Waals surface area contributed by atoms with Gasteiger partial charge in [0.1, 0.15) is 22.6 Å². The Labute approximate surface area is 147 Å². The summed E-state index contributed by atoms with van der Waals surface area (Å²) in [5, 5.41) is 13.3. The minimum Gasteiger partial charge on any atom is -0.462 e. The summed E-state index contributed by atoms with van der Waals surface area (Å²) in [6, 6.07) is 3.90. The van der Waals surface area contributed by atoms with Gasteiger partial charge in [-0.2, -0.15) is 16.6 Å². The van der Waals surface area contributed by atoms with Gasteiger partial charge in [-0.1, -0.05) is 0 Å². The molecule has 0 amide bonds. The van der Waals surface area contributed by atoms with E-state index in [-0.39, 0.29) is 35.1 Å². The molecule has 126 valence electrons. The maximum atomic E-state index is 12.0. The lowest BCUT2D eigenvalue weighted by molar-refractivity contribution is -0.144. The Morgan fingerprint density at radius 1 is 1.38 bits per heavy atom. The third kappa shape index (κ3) is 4.34. The van der Waals surface area contributed by atoms with Gasteiger partial charge >= 0.3 is 11.9 Å². The summed E-state index contributed by atoms with van der Waals surface area (Å²) in [7, 11) is 0. The van der Waals surface area contributed by atoms with E-state index >= 15 is 0 Å². The summed E-state index contributed by atoms with van der Waals surface area (Å²) >= 11 is 2.53. The lowest BCUT2D eigenvalue weighted by Gasteiger charge is -2.06. The Morgan fingerprint density at radius 3 is 2.79 bits per heavy atom. The van der Waals surface area contributed by atoms with Crippen molar-refractivity contribution < 1.29 is 19.1 Å². The number of esters is 2. The number of nitrogens with zero attached hydrogens (tertiary/aromatic N) is 1. The van der Waals surface area contributed by atoms with E-state index in [1.165, 1.54) is 0 Å². The van der Waals surface area contributed by atoms with Gasteiger partial charge in [0.25, 0.3) is 0 Å². The molecule has 0 aliphatic rings. The van der Waals surface area contributed by atoms with Crippen molar-refractivity contribution in [1.82, 2.24) is 0 Å². The van der Waals surface area contributed by atoms with Crippen LogP contribution in [-0.2, 0) is 27.3 Å². The molecule has 0 aliphatic carbocycles. The molecule has 0 fully saturated rings. The second-order valence-corrected chi connectivity index (χ2v) is 6.61. The van der Waals surface area contributed by atoms with Gasteiger partial charge in [0.05, 0.1) is 12.2 Å². The number of carbonyl (C=O) groups excluding carboxylic acids is 2. The molecule has 0 unspecified atom stereocenters. The molecule has 2 heterocycles. The Bertz CT molecular complexity index is 760. The Hall–Kier alpha value is -2.37. The van der Waals surface area contributed by atoms with Crippen LogP contribution in [0.25, 0.3) is 0 Å². The predicted octanol–water partition coefficient (Wildman–Crippen LogP) is 3.12. The first-order chi connectivity index (χ1) is 11.6. The fourth-order valence-electron chi connectivity index (χ4n) is 2.01. The maximum Gasteiger partial charge on any atom is 0.348 e. The van der Waals surface area contributed by atoms with Crippen LogP contribution in [0.4, 0.5) is 5.00 Å². The van der Waals surface area contributed by atoms with Crippen LogP contribution in [0.2, 0.25) is 0 Å². The molecule has 2 rings (SSSR count). The monoisotopic (exact) mass is 364 g/mol. The average molecular weight is 364 g/mol. The lowest BCUT2D eigenvalue weighted by atomic mass is 10.1. The van der Waals surface area contributed by atoms with E-state index < -0.39 is 11.9 Å². The zero-order valence-corrected chi connectivity index (χ0v) is 14.7. The van der Waals surface area contributed by atoms with E-state index in [1.54, 1.807) is 18.3 Å². The molecule has 0 bridgehead atoms. The molecular formula is C16H16N2O4S2. The van der Waals surface area contributed by atoms with Crippen LogP contribution in [0.1, 0.15) is 39.7 Å². The Balaban J connectivity index is 2.03. The van der Waals surface area contributed by atoms with Crippen LogP contribution in [0.5, 0.6) is 0 Å². The number of aryl methyl sites for hydroxylation is 1. The maximum absolute atomic E-state index is 12.0. The Morgan fingerprint density at radius 2 is 2.17 bits per heavy atom. The van der Waals surface area contributed by atoms with Gasteiger partial charge in [-0.05, 0) is 35.7 Å². The molecule has 0 aliphatic heterocycles. The van der Waals surface area contributed by atoms with Crippen LogP contribution in [0.3, 0.4) is 0 Å². The molecule has 2 N–H and O–H groups in total. The highest BCUT2D eigenvalue weighted by atomic mass is 32.1. The topological polar surface area (TPSA) is 102 Å². The summed E-state index contributed by atoms with van der Waals surface area (Å²) in [6.45, 7) is 1.72. The van der Waals surface area contributed by atoms with E-state index in [0.29, 0.717) is 12.0 Å². The molecule has 6 nitrogen and oxygen atoms in total. The molecule has 0 aromatic carbocycles. The molecule has 0 radical (unpaired) electrons. The van der Waals surface area contributed by atoms with E-state index in [4.69, 9.17) is 15.2 Å². The average Bonchev–Trinajstić information content (AvgIpc) is 3.18. The van der Waals surface area contributed by atoms with Crippen LogP contribution in [0.15, 0.2) is 16.8 Å². The highest BCUT2D eigenvalue weighted by Crippen LogP contribution is 2.31. The van der Waals surface area contributed by atoms with Gasteiger partial charge in [0.15, 0.2) is 0 Å². The third-order valence-corrected chi connectivity index (χ3v) is 4.96. The van der Waals surface area contributed by atoms with Crippen molar-refractivity contribution in [1.29, 1.82) is 5.26 Å². The van der Waals surface area contributed by atoms with Crippen LogP contribution in [-0.4, -0.2) is 18.5 Å². The van der Waals surface area contributed by atoms with Crippen molar-refractivity contribution in [2.24, 2.45) is 0 Å². The van der Waals surface area contributed by atoms with E-state index in [9.17, 15) is 14.9 Å². The summed E-state index contributed by atoms with van der Waals surface area (Å²) < 4.78 is 10.2. The number of nitrogen functional groups attached to an aromatic ring is 1. The molecule has 0 saturated heterocycles. The zero-order chi connectivity index (χ0) is 17.5. The number of anilines is 1. The van der Waals surface area contributed by atoms with E-state index in [0.717, 1.165) is 16.9 Å². The number of ether oxygens (including phenoxy) is 2. The summed E-state index contributed by atoms with van der Waals surface area (Å²) in [6.07, 6.45) is 0.816. The van der Waals surface area contributed by atoms with Gasteiger partial charge in [-0.15, -0.1) is 11.3 Å². The zero-order valence-electron chi connectivity index (χ0n) is 13.0. The van der Waals surface area contributed by atoms with E-state index in [2.05, 4.69) is 0 Å². The standard InChI is InChI=1S/C16H16N2O4S2/c1-2-21-16(20)14-12(11(7-17)15(18)24-14)8-22-13(19)4-3-10-5-6-23-9-10/h5-6,9H,2-4,8,18H2,1H3. The van der Waals surface area contributed by atoms with Crippen molar-refractivity contribution in [2.75, 3.05) is 12.3 Å². The highest BCUT2D eigenvalue weighted by Gasteiger charge is 2.23. The van der Waals surface area contributed by atoms with Crippen molar-refractivity contribution in [3.8, 4) is 6.07 Å². The first-order valence-corrected chi connectivity index (χ1v) is 8.97. The summed E-state index contributed by atoms with van der Waals surface area (Å²) in [4.78, 5) is 24.0. The molecule has 0 spiro atoms. The van der Waals surface area contributed by atoms with Crippen LogP contribution in [0, 0.1) is 11.3 Å². The largest absolute Gasteiger partial charge is 0.462 e. The second-order valence-electron chi connectivity index (χ2n) is 4.77. The molecular weight excluding hydrogens is 348 g/mol. The SMILES string of the molecule is CCOC(=O)c1sc(N)c(C#N)c1COC(=O)CCc1ccsc1. The lowest BCUT2D eigenvalue weighted by Crippen LogP contribution is -2.10. The fourth-order valence-corrected chi connectivity index (χ4v) is 3.63. The number of nitriles is 1. The molecule has 24 heavy (non-hydrogen) atoms. The number of thiophene rings is 2. The number of rotatable bonds is 7. The minimum atomic E-state index is -0.569. The van der Waals surface area contributed by atoms with E-state index in [1.807, 2.05) is 22.9 Å². The van der Waals surface area contributed by atoms with Crippen molar-refractivity contribution in [3.63, 3.8) is 0 Å². The summed E-state index contributed by atoms with van der Waals surface area (Å²) in [5.41, 5.74) is 7.30. The van der Waals surface area contributed by atoms with Crippen molar-refractivity contribution in [3.05, 3.63) is 38.4 Å². The van der Waals surface area contributed by atoms with Crippen molar-refractivity contribution in [2.45, 2.75) is 26.4 Å². The number of hydrogen-bond acceptors (Lipinski definition) is 8. The van der Waals surface area contributed by atoms with Crippen LogP contribution < -0.4 is 5.73 Å². The third-order valence-electron chi connectivity index (χ3n) is 3.18. The van der Waals surface area contributed by atoms with Crippen molar-refractivity contribution >= 4 is 39.6 Å². The number of hydrogen-bond donors (Lipinski definition) is 1. The van der Waals surface area contributed by atoms with Gasteiger partial charge in [0.2, 0.25) is 0 Å². The smallest absolute Gasteiger partial charge is 0.348 e. The van der Waals surface area contributed by atoms with Gasteiger partial charge in [-0.25, -0.2) is 4.79 Å². The normalized spacial score (nSPS) is 10.2. The summed E-state index contributed by atoms with van der Waals surface area (Å²) in [5.74, 6) is -0.968. The molecule has 2 aromatic rings. The van der Waals surface area contributed by atoms with Gasteiger partial charge < -0.3 is 15.2 Å². The molecule has 2 aromatic heterocycles. The number of nitrogens with two attached hydrogens (primary N) is 1.